The molecule has 1 rings (SSSR count). The molecule has 0 aromatic carbocycles. The van der Waals surface area contributed by atoms with Crippen molar-refractivity contribution in [2.24, 2.45) is 0 Å². The zero-order chi connectivity index (χ0) is 13.5. The minimum Gasteiger partial charge on any atom is -0.466 e. The SMILES string of the molecule is COCC(OC(=O)Cc1sccc1Br)C(=O)OC. The molecule has 1 aromatic rings. The summed E-state index contributed by atoms with van der Waals surface area (Å²) in [6.07, 6.45) is -0.915. The van der Waals surface area contributed by atoms with Gasteiger partial charge in [0.05, 0.1) is 20.1 Å². The molecular weight excluding hydrogens is 324 g/mol. The fraction of sp³-hybridized carbons (Fsp3) is 0.455. The molecule has 0 fully saturated rings. The minimum atomic E-state index is -1.02. The second-order valence-corrected chi connectivity index (χ2v) is 5.18. The summed E-state index contributed by atoms with van der Waals surface area (Å²) < 4.78 is 15.2. The summed E-state index contributed by atoms with van der Waals surface area (Å²) in [6.45, 7) is -0.0238. The molecular formula is C11H13BrO5S. The third kappa shape index (κ3) is 4.40. The Balaban J connectivity index is 2.56. The van der Waals surface area contributed by atoms with Crippen LogP contribution in [-0.4, -0.2) is 38.9 Å². The Bertz CT molecular complexity index is 417. The number of esters is 2. The fourth-order valence-corrected chi connectivity index (χ4v) is 2.69. The number of carbonyl (C=O) groups excluding carboxylic acids is 2. The van der Waals surface area contributed by atoms with Crippen LogP contribution in [0.5, 0.6) is 0 Å². The van der Waals surface area contributed by atoms with Crippen LogP contribution < -0.4 is 0 Å². The first-order chi connectivity index (χ1) is 8.58. The van der Waals surface area contributed by atoms with Gasteiger partial charge in [-0.05, 0) is 27.4 Å². The third-order valence-electron chi connectivity index (χ3n) is 2.05. The number of carbonyl (C=O) groups is 2. The van der Waals surface area contributed by atoms with Crippen LogP contribution in [-0.2, 0) is 30.2 Å². The Kier molecular flexibility index (Phi) is 6.31. The molecule has 0 aliphatic rings. The van der Waals surface area contributed by atoms with E-state index in [0.717, 1.165) is 9.35 Å². The van der Waals surface area contributed by atoms with Crippen molar-refractivity contribution in [2.75, 3.05) is 20.8 Å². The smallest absolute Gasteiger partial charge is 0.349 e. The number of thiophene rings is 1. The van der Waals surface area contributed by atoms with Crippen LogP contribution in [0.2, 0.25) is 0 Å². The van der Waals surface area contributed by atoms with Crippen molar-refractivity contribution in [3.8, 4) is 0 Å². The molecule has 0 aliphatic heterocycles. The maximum Gasteiger partial charge on any atom is 0.349 e. The average molecular weight is 337 g/mol. The highest BCUT2D eigenvalue weighted by molar-refractivity contribution is 9.10. The Labute approximate surface area is 117 Å². The number of rotatable bonds is 6. The van der Waals surface area contributed by atoms with E-state index in [1.54, 1.807) is 0 Å². The monoisotopic (exact) mass is 336 g/mol. The second-order valence-electron chi connectivity index (χ2n) is 3.33. The molecule has 1 unspecified atom stereocenters. The van der Waals surface area contributed by atoms with Crippen LogP contribution in [0.4, 0.5) is 0 Å². The third-order valence-corrected chi connectivity index (χ3v) is 3.98. The van der Waals surface area contributed by atoms with Crippen LogP contribution in [0.15, 0.2) is 15.9 Å². The zero-order valence-corrected chi connectivity index (χ0v) is 12.4. The number of methoxy groups -OCH3 is 2. The first-order valence-electron chi connectivity index (χ1n) is 5.06. The lowest BCUT2D eigenvalue weighted by atomic mass is 10.3. The molecule has 0 N–H and O–H groups in total. The van der Waals surface area contributed by atoms with Crippen LogP contribution >= 0.6 is 27.3 Å². The maximum absolute atomic E-state index is 11.7. The summed E-state index contributed by atoms with van der Waals surface area (Å²) >= 11 is 4.76. The van der Waals surface area contributed by atoms with Crippen molar-refractivity contribution in [3.05, 3.63) is 20.8 Å². The van der Waals surface area contributed by atoms with Gasteiger partial charge in [-0.25, -0.2) is 4.79 Å². The van der Waals surface area contributed by atoms with Crippen molar-refractivity contribution < 1.29 is 23.8 Å². The maximum atomic E-state index is 11.7. The lowest BCUT2D eigenvalue weighted by Crippen LogP contribution is -2.33. The predicted octanol–water partition coefficient (Wildman–Crippen LogP) is 1.78. The molecule has 1 aromatic heterocycles. The largest absolute Gasteiger partial charge is 0.466 e. The Hall–Kier alpha value is -0.920. The van der Waals surface area contributed by atoms with Gasteiger partial charge in [0.25, 0.3) is 0 Å². The first-order valence-corrected chi connectivity index (χ1v) is 6.73. The van der Waals surface area contributed by atoms with E-state index >= 15 is 0 Å². The number of hydrogen-bond acceptors (Lipinski definition) is 6. The fourth-order valence-electron chi connectivity index (χ4n) is 1.22. The van der Waals surface area contributed by atoms with Gasteiger partial charge < -0.3 is 14.2 Å². The summed E-state index contributed by atoms with van der Waals surface area (Å²) in [4.78, 5) is 23.8. The molecule has 0 bridgehead atoms. The zero-order valence-electron chi connectivity index (χ0n) is 9.97. The van der Waals surface area contributed by atoms with Crippen molar-refractivity contribution >= 4 is 39.2 Å². The van der Waals surface area contributed by atoms with Gasteiger partial charge in [-0.2, -0.15) is 0 Å². The topological polar surface area (TPSA) is 61.8 Å². The minimum absolute atomic E-state index is 0.0238. The highest BCUT2D eigenvalue weighted by Gasteiger charge is 2.24. The molecule has 0 spiro atoms. The van der Waals surface area contributed by atoms with Gasteiger partial charge in [-0.1, -0.05) is 0 Å². The molecule has 0 saturated heterocycles. The average Bonchev–Trinajstić information content (AvgIpc) is 2.73. The van der Waals surface area contributed by atoms with Crippen LogP contribution in [0, 0.1) is 0 Å². The van der Waals surface area contributed by atoms with Gasteiger partial charge in [-0.3, -0.25) is 4.79 Å². The molecule has 0 aliphatic carbocycles. The lowest BCUT2D eigenvalue weighted by Gasteiger charge is -2.14. The molecule has 0 saturated carbocycles. The molecule has 7 heteroatoms. The number of halogens is 1. The van der Waals surface area contributed by atoms with E-state index < -0.39 is 18.0 Å². The van der Waals surface area contributed by atoms with Gasteiger partial charge in [0.2, 0.25) is 6.10 Å². The number of hydrogen-bond donors (Lipinski definition) is 0. The van der Waals surface area contributed by atoms with E-state index in [-0.39, 0.29) is 13.0 Å². The van der Waals surface area contributed by atoms with Crippen molar-refractivity contribution in [3.63, 3.8) is 0 Å². The normalized spacial score (nSPS) is 11.9. The van der Waals surface area contributed by atoms with Gasteiger partial charge in [-0.15, -0.1) is 11.3 Å². The van der Waals surface area contributed by atoms with Gasteiger partial charge in [0.15, 0.2) is 0 Å². The van der Waals surface area contributed by atoms with E-state index in [1.807, 2.05) is 11.4 Å². The molecule has 100 valence electrons. The second kappa shape index (κ2) is 7.50. The highest BCUT2D eigenvalue weighted by Crippen LogP contribution is 2.23. The van der Waals surface area contributed by atoms with Gasteiger partial charge in [0, 0.05) is 16.5 Å². The highest BCUT2D eigenvalue weighted by atomic mass is 79.9. The molecule has 0 radical (unpaired) electrons. The molecule has 5 nitrogen and oxygen atoms in total. The molecule has 1 heterocycles. The van der Waals surface area contributed by atoms with Crippen LogP contribution in [0.3, 0.4) is 0 Å². The number of ether oxygens (including phenoxy) is 3. The van der Waals surface area contributed by atoms with E-state index in [4.69, 9.17) is 9.47 Å². The molecule has 18 heavy (non-hydrogen) atoms. The summed E-state index contributed by atoms with van der Waals surface area (Å²) in [5.74, 6) is -1.12. The Morgan fingerprint density at radius 2 is 2.17 bits per heavy atom. The van der Waals surface area contributed by atoms with Crippen molar-refractivity contribution in [2.45, 2.75) is 12.5 Å². The summed E-state index contributed by atoms with van der Waals surface area (Å²) in [6, 6.07) is 1.85. The Morgan fingerprint density at radius 3 is 2.67 bits per heavy atom. The van der Waals surface area contributed by atoms with Crippen molar-refractivity contribution in [1.82, 2.24) is 0 Å². The predicted molar refractivity (Wildman–Crippen MR) is 69.5 cm³/mol. The van der Waals surface area contributed by atoms with E-state index in [2.05, 4.69) is 20.7 Å². The van der Waals surface area contributed by atoms with E-state index in [1.165, 1.54) is 25.6 Å². The summed E-state index contributed by atoms with van der Waals surface area (Å²) in [5, 5.41) is 1.86. The van der Waals surface area contributed by atoms with Gasteiger partial charge >= 0.3 is 11.9 Å². The summed E-state index contributed by atoms with van der Waals surface area (Å²) in [7, 11) is 2.65. The molecule has 1 atom stereocenters. The van der Waals surface area contributed by atoms with Crippen molar-refractivity contribution in [1.29, 1.82) is 0 Å². The van der Waals surface area contributed by atoms with E-state index in [0.29, 0.717) is 0 Å². The molecule has 0 amide bonds. The quantitative estimate of drug-likeness (QED) is 0.741. The van der Waals surface area contributed by atoms with Crippen LogP contribution in [0.1, 0.15) is 4.88 Å². The van der Waals surface area contributed by atoms with Gasteiger partial charge in [0.1, 0.15) is 0 Å². The lowest BCUT2D eigenvalue weighted by molar-refractivity contribution is -0.169. The Morgan fingerprint density at radius 1 is 1.44 bits per heavy atom. The van der Waals surface area contributed by atoms with Crippen LogP contribution in [0.25, 0.3) is 0 Å². The first kappa shape index (κ1) is 15.1. The summed E-state index contributed by atoms with van der Waals surface area (Å²) in [5.41, 5.74) is 0. The van der Waals surface area contributed by atoms with E-state index in [9.17, 15) is 9.59 Å². The standard InChI is InChI=1S/C11H13BrO5S/c1-15-6-8(11(14)16-2)17-10(13)5-9-7(12)3-4-18-9/h3-4,8H,5-6H2,1-2H3.